The second-order valence-electron chi connectivity index (χ2n) is 5.62. The van der Waals surface area contributed by atoms with Crippen molar-refractivity contribution >= 4 is 21.7 Å². The van der Waals surface area contributed by atoms with E-state index in [0.29, 0.717) is 0 Å². The molecule has 1 aromatic heterocycles. The molecule has 0 spiro atoms. The first-order chi connectivity index (χ1) is 10.2. The van der Waals surface area contributed by atoms with Gasteiger partial charge in [-0.15, -0.1) is 0 Å². The number of halogens is 1. The topological polar surface area (TPSA) is 47.0 Å². The molecule has 2 rings (SSSR count). The summed E-state index contributed by atoms with van der Waals surface area (Å²) in [5.41, 5.74) is 1.11. The summed E-state index contributed by atoms with van der Waals surface area (Å²) < 4.78 is 6.84. The van der Waals surface area contributed by atoms with E-state index < -0.39 is 0 Å². The number of nitrogens with zero attached hydrogens (tertiary/aromatic N) is 2. The standard InChI is InChI=1S/C16H26BrN3O/c1-3-7-13-15(17)16(18-9-4-2)20-14(19-13)11-12-8-5-6-10-21-12/h12H,3-11H2,1-2H3,(H,18,19,20). The summed E-state index contributed by atoms with van der Waals surface area (Å²) >= 11 is 3.65. The van der Waals surface area contributed by atoms with Crippen molar-refractivity contribution in [2.75, 3.05) is 18.5 Å². The summed E-state index contributed by atoms with van der Waals surface area (Å²) in [6.45, 7) is 6.15. The van der Waals surface area contributed by atoms with Crippen molar-refractivity contribution in [2.45, 2.75) is 64.9 Å². The van der Waals surface area contributed by atoms with Gasteiger partial charge in [-0.25, -0.2) is 9.97 Å². The lowest BCUT2D eigenvalue weighted by Crippen LogP contribution is -2.23. The molecule has 1 fully saturated rings. The first-order valence-electron chi connectivity index (χ1n) is 8.15. The summed E-state index contributed by atoms with van der Waals surface area (Å²) in [5, 5.41) is 3.40. The van der Waals surface area contributed by atoms with Crippen LogP contribution in [0.1, 0.15) is 57.5 Å². The minimum atomic E-state index is 0.286. The molecule has 1 N–H and O–H groups in total. The number of ether oxygens (including phenoxy) is 1. The zero-order valence-electron chi connectivity index (χ0n) is 13.1. The van der Waals surface area contributed by atoms with Gasteiger partial charge in [0.15, 0.2) is 0 Å². The molecule has 5 heteroatoms. The van der Waals surface area contributed by atoms with Gasteiger partial charge in [-0.3, -0.25) is 0 Å². The van der Waals surface area contributed by atoms with Crippen LogP contribution >= 0.6 is 15.9 Å². The van der Waals surface area contributed by atoms with Gasteiger partial charge in [0, 0.05) is 19.6 Å². The number of aryl methyl sites for hydroxylation is 1. The van der Waals surface area contributed by atoms with Crippen LogP contribution in [0.5, 0.6) is 0 Å². The SMILES string of the molecule is CCCNc1nc(CC2CCCCO2)nc(CCC)c1Br. The van der Waals surface area contributed by atoms with E-state index in [2.05, 4.69) is 35.1 Å². The van der Waals surface area contributed by atoms with E-state index in [0.717, 1.165) is 67.1 Å². The smallest absolute Gasteiger partial charge is 0.144 e. The van der Waals surface area contributed by atoms with Gasteiger partial charge in [0.1, 0.15) is 11.6 Å². The van der Waals surface area contributed by atoms with Gasteiger partial charge in [-0.05, 0) is 48.0 Å². The van der Waals surface area contributed by atoms with Crippen LogP contribution < -0.4 is 5.32 Å². The molecule has 21 heavy (non-hydrogen) atoms. The van der Waals surface area contributed by atoms with Gasteiger partial charge in [0.25, 0.3) is 0 Å². The Labute approximate surface area is 136 Å². The van der Waals surface area contributed by atoms with Crippen molar-refractivity contribution in [2.24, 2.45) is 0 Å². The van der Waals surface area contributed by atoms with Crippen LogP contribution in [0.2, 0.25) is 0 Å². The average molecular weight is 356 g/mol. The molecule has 0 bridgehead atoms. The second-order valence-corrected chi connectivity index (χ2v) is 6.41. The Morgan fingerprint density at radius 1 is 1.24 bits per heavy atom. The summed E-state index contributed by atoms with van der Waals surface area (Å²) in [4.78, 5) is 9.44. The molecular weight excluding hydrogens is 330 g/mol. The van der Waals surface area contributed by atoms with Crippen LogP contribution in [0.4, 0.5) is 5.82 Å². The lowest BCUT2D eigenvalue weighted by molar-refractivity contribution is 0.0156. The maximum absolute atomic E-state index is 5.82. The first-order valence-corrected chi connectivity index (χ1v) is 8.94. The van der Waals surface area contributed by atoms with E-state index in [1.54, 1.807) is 0 Å². The van der Waals surface area contributed by atoms with Crippen molar-refractivity contribution in [3.8, 4) is 0 Å². The average Bonchev–Trinajstić information content (AvgIpc) is 2.50. The molecule has 1 atom stereocenters. The van der Waals surface area contributed by atoms with Gasteiger partial charge in [0.2, 0.25) is 0 Å². The Balaban J connectivity index is 2.16. The number of hydrogen-bond acceptors (Lipinski definition) is 4. The molecule has 1 aliphatic rings. The number of anilines is 1. The number of rotatable bonds is 7. The molecule has 0 amide bonds. The molecule has 1 saturated heterocycles. The summed E-state index contributed by atoms with van der Waals surface area (Å²) in [5.74, 6) is 1.84. The van der Waals surface area contributed by atoms with Gasteiger partial charge in [0.05, 0.1) is 16.3 Å². The highest BCUT2D eigenvalue weighted by Crippen LogP contribution is 2.26. The van der Waals surface area contributed by atoms with Crippen molar-refractivity contribution < 1.29 is 4.74 Å². The number of aromatic nitrogens is 2. The van der Waals surface area contributed by atoms with Crippen LogP contribution in [-0.4, -0.2) is 29.2 Å². The summed E-state index contributed by atoms with van der Waals surface area (Å²) in [6.07, 6.45) is 7.82. The Hall–Kier alpha value is -0.680. The lowest BCUT2D eigenvalue weighted by Gasteiger charge is -2.22. The fraction of sp³-hybridized carbons (Fsp3) is 0.750. The summed E-state index contributed by atoms with van der Waals surface area (Å²) in [7, 11) is 0. The van der Waals surface area contributed by atoms with E-state index >= 15 is 0 Å². The maximum Gasteiger partial charge on any atom is 0.144 e. The highest BCUT2D eigenvalue weighted by molar-refractivity contribution is 9.10. The van der Waals surface area contributed by atoms with E-state index in [1.165, 1.54) is 12.8 Å². The molecule has 2 heterocycles. The highest BCUT2D eigenvalue weighted by atomic mass is 79.9. The third-order valence-electron chi connectivity index (χ3n) is 3.68. The third-order valence-corrected chi connectivity index (χ3v) is 4.51. The molecule has 0 aliphatic carbocycles. The molecule has 1 aromatic rings. The van der Waals surface area contributed by atoms with Crippen LogP contribution in [0.15, 0.2) is 4.47 Å². The number of hydrogen-bond donors (Lipinski definition) is 1. The maximum atomic E-state index is 5.82. The quantitative estimate of drug-likeness (QED) is 0.798. The zero-order valence-corrected chi connectivity index (χ0v) is 14.7. The van der Waals surface area contributed by atoms with Crippen LogP contribution in [-0.2, 0) is 17.6 Å². The van der Waals surface area contributed by atoms with Crippen molar-refractivity contribution in [1.29, 1.82) is 0 Å². The molecule has 1 aliphatic heterocycles. The normalized spacial score (nSPS) is 18.7. The minimum absolute atomic E-state index is 0.286. The van der Waals surface area contributed by atoms with E-state index in [1.807, 2.05) is 0 Å². The largest absolute Gasteiger partial charge is 0.378 e. The molecule has 0 radical (unpaired) electrons. The molecule has 4 nitrogen and oxygen atoms in total. The van der Waals surface area contributed by atoms with Gasteiger partial charge >= 0.3 is 0 Å². The predicted octanol–water partition coefficient (Wildman–Crippen LogP) is 4.13. The van der Waals surface area contributed by atoms with Crippen molar-refractivity contribution in [3.63, 3.8) is 0 Å². The Bertz CT molecular complexity index is 447. The van der Waals surface area contributed by atoms with Gasteiger partial charge < -0.3 is 10.1 Å². The number of nitrogens with one attached hydrogen (secondary N) is 1. The minimum Gasteiger partial charge on any atom is -0.378 e. The van der Waals surface area contributed by atoms with E-state index in [-0.39, 0.29) is 6.10 Å². The molecule has 0 aromatic carbocycles. The van der Waals surface area contributed by atoms with Gasteiger partial charge in [-0.1, -0.05) is 20.3 Å². The van der Waals surface area contributed by atoms with Crippen LogP contribution in [0.25, 0.3) is 0 Å². The zero-order chi connectivity index (χ0) is 15.1. The molecule has 118 valence electrons. The Morgan fingerprint density at radius 3 is 2.76 bits per heavy atom. The fourth-order valence-corrected chi connectivity index (χ4v) is 3.09. The predicted molar refractivity (Wildman–Crippen MR) is 89.8 cm³/mol. The van der Waals surface area contributed by atoms with Gasteiger partial charge in [-0.2, -0.15) is 0 Å². The Kier molecular flexibility index (Phi) is 6.90. The second kappa shape index (κ2) is 8.69. The van der Waals surface area contributed by atoms with Crippen molar-refractivity contribution in [1.82, 2.24) is 9.97 Å². The monoisotopic (exact) mass is 355 g/mol. The lowest BCUT2D eigenvalue weighted by atomic mass is 10.1. The Morgan fingerprint density at radius 2 is 2.10 bits per heavy atom. The van der Waals surface area contributed by atoms with E-state index in [4.69, 9.17) is 14.7 Å². The van der Waals surface area contributed by atoms with Crippen molar-refractivity contribution in [3.05, 3.63) is 16.0 Å². The molecule has 1 unspecified atom stereocenters. The first kappa shape index (κ1) is 16.7. The fourth-order valence-electron chi connectivity index (χ4n) is 2.57. The van der Waals surface area contributed by atoms with Crippen LogP contribution in [0.3, 0.4) is 0 Å². The molecular formula is C16H26BrN3O. The molecule has 0 saturated carbocycles. The highest BCUT2D eigenvalue weighted by Gasteiger charge is 2.18. The van der Waals surface area contributed by atoms with Crippen LogP contribution in [0, 0.1) is 0 Å². The third kappa shape index (κ3) is 4.92. The summed E-state index contributed by atoms with van der Waals surface area (Å²) in [6, 6.07) is 0. The van der Waals surface area contributed by atoms with E-state index in [9.17, 15) is 0 Å².